The minimum atomic E-state index is -1.41. The topological polar surface area (TPSA) is 89.6 Å². The first-order valence-corrected chi connectivity index (χ1v) is 5.21. The van der Waals surface area contributed by atoms with Crippen molar-refractivity contribution in [3.8, 4) is 0 Å². The molecule has 94 valence electrons. The molecular formula is C11H21NO4. The Labute approximate surface area is 96.0 Å². The van der Waals surface area contributed by atoms with Crippen molar-refractivity contribution in [2.75, 3.05) is 0 Å². The number of rotatable bonds is 4. The van der Waals surface area contributed by atoms with Crippen molar-refractivity contribution in [3.63, 3.8) is 0 Å². The molecule has 0 amide bonds. The van der Waals surface area contributed by atoms with E-state index in [1.807, 2.05) is 0 Å². The van der Waals surface area contributed by atoms with Crippen LogP contribution in [0.1, 0.15) is 41.0 Å². The highest BCUT2D eigenvalue weighted by Crippen LogP contribution is 2.18. The Morgan fingerprint density at radius 3 is 2.06 bits per heavy atom. The van der Waals surface area contributed by atoms with Gasteiger partial charge >= 0.3 is 11.9 Å². The summed E-state index contributed by atoms with van der Waals surface area (Å²) in [6.07, 6.45) is 0.0528. The Morgan fingerprint density at radius 2 is 1.75 bits per heavy atom. The van der Waals surface area contributed by atoms with Crippen LogP contribution in [0.3, 0.4) is 0 Å². The van der Waals surface area contributed by atoms with E-state index in [1.165, 1.54) is 6.92 Å². The Balaban J connectivity index is 4.43. The van der Waals surface area contributed by atoms with Gasteiger partial charge in [-0.3, -0.25) is 9.59 Å². The molecule has 0 rings (SSSR count). The van der Waals surface area contributed by atoms with Gasteiger partial charge in [-0.05, 0) is 34.1 Å². The number of ether oxygens (including phenoxy) is 1. The molecule has 0 aliphatic carbocycles. The van der Waals surface area contributed by atoms with E-state index in [0.717, 1.165) is 0 Å². The maximum Gasteiger partial charge on any atom is 0.323 e. The molecule has 2 atom stereocenters. The first kappa shape index (κ1) is 14.9. The van der Waals surface area contributed by atoms with Gasteiger partial charge in [0.25, 0.3) is 0 Å². The molecule has 2 unspecified atom stereocenters. The number of carbonyl (C=O) groups excluding carboxylic acids is 1. The van der Waals surface area contributed by atoms with Crippen molar-refractivity contribution < 1.29 is 19.4 Å². The van der Waals surface area contributed by atoms with Gasteiger partial charge in [0.05, 0.1) is 5.92 Å². The van der Waals surface area contributed by atoms with E-state index in [-0.39, 0.29) is 6.42 Å². The van der Waals surface area contributed by atoms with Crippen LogP contribution in [-0.4, -0.2) is 28.2 Å². The maximum atomic E-state index is 11.6. The van der Waals surface area contributed by atoms with E-state index >= 15 is 0 Å². The number of carboxylic acids is 1. The Morgan fingerprint density at radius 1 is 1.31 bits per heavy atom. The first-order chi connectivity index (χ1) is 6.96. The fourth-order valence-electron chi connectivity index (χ4n) is 1.21. The van der Waals surface area contributed by atoms with Crippen LogP contribution < -0.4 is 5.73 Å². The third-order valence-corrected chi connectivity index (χ3v) is 2.03. The van der Waals surface area contributed by atoms with Gasteiger partial charge in [-0.2, -0.15) is 0 Å². The summed E-state index contributed by atoms with van der Waals surface area (Å²) in [6.45, 7) is 8.28. The predicted octanol–water partition coefficient (Wildman–Crippen LogP) is 1.16. The standard InChI is InChI=1S/C11H21NO4/c1-7(6-11(5,12)9(14)15)8(13)16-10(2,3)4/h7H,6,12H2,1-5H3,(H,14,15). The van der Waals surface area contributed by atoms with Crippen LogP contribution in [0.4, 0.5) is 0 Å². The van der Waals surface area contributed by atoms with Gasteiger partial charge < -0.3 is 15.6 Å². The van der Waals surface area contributed by atoms with Gasteiger partial charge in [0, 0.05) is 0 Å². The summed E-state index contributed by atoms with van der Waals surface area (Å²) in [7, 11) is 0. The molecule has 5 nitrogen and oxygen atoms in total. The normalized spacial score (nSPS) is 17.4. The number of aliphatic carboxylic acids is 1. The molecule has 0 saturated heterocycles. The Kier molecular flexibility index (Phi) is 4.49. The predicted molar refractivity (Wildman–Crippen MR) is 59.9 cm³/mol. The van der Waals surface area contributed by atoms with E-state index in [9.17, 15) is 9.59 Å². The Bertz CT molecular complexity index is 278. The molecule has 0 radical (unpaired) electrons. The summed E-state index contributed by atoms with van der Waals surface area (Å²) in [5.74, 6) is -2.08. The number of carboxylic acid groups (broad SMARTS) is 1. The van der Waals surface area contributed by atoms with Crippen molar-refractivity contribution >= 4 is 11.9 Å². The van der Waals surface area contributed by atoms with Crippen molar-refractivity contribution in [2.45, 2.75) is 52.2 Å². The van der Waals surface area contributed by atoms with Crippen LogP contribution in [0, 0.1) is 5.92 Å². The lowest BCUT2D eigenvalue weighted by molar-refractivity contribution is -0.160. The van der Waals surface area contributed by atoms with Crippen molar-refractivity contribution in [3.05, 3.63) is 0 Å². The second-order valence-corrected chi connectivity index (χ2v) is 5.36. The van der Waals surface area contributed by atoms with Crippen molar-refractivity contribution in [1.82, 2.24) is 0 Å². The molecule has 0 aromatic carbocycles. The van der Waals surface area contributed by atoms with E-state index in [1.54, 1.807) is 27.7 Å². The van der Waals surface area contributed by atoms with Crippen molar-refractivity contribution in [1.29, 1.82) is 0 Å². The van der Waals surface area contributed by atoms with E-state index in [0.29, 0.717) is 0 Å². The van der Waals surface area contributed by atoms with Gasteiger partial charge in [0.1, 0.15) is 11.1 Å². The second kappa shape index (κ2) is 4.82. The lowest BCUT2D eigenvalue weighted by Crippen LogP contribution is -2.47. The molecule has 0 spiro atoms. The lowest BCUT2D eigenvalue weighted by atomic mass is 9.91. The van der Waals surface area contributed by atoms with Crippen LogP contribution in [0.5, 0.6) is 0 Å². The third-order valence-electron chi connectivity index (χ3n) is 2.03. The minimum Gasteiger partial charge on any atom is -0.480 e. The summed E-state index contributed by atoms with van der Waals surface area (Å²) in [5.41, 5.74) is 3.58. The molecule has 0 saturated carbocycles. The maximum absolute atomic E-state index is 11.6. The Hall–Kier alpha value is -1.10. The summed E-state index contributed by atoms with van der Waals surface area (Å²) in [5, 5.41) is 8.83. The molecule has 0 aliphatic rings. The fourth-order valence-corrected chi connectivity index (χ4v) is 1.21. The largest absolute Gasteiger partial charge is 0.480 e. The van der Waals surface area contributed by atoms with Crippen LogP contribution in [-0.2, 0) is 14.3 Å². The monoisotopic (exact) mass is 231 g/mol. The average molecular weight is 231 g/mol. The molecular weight excluding hydrogens is 210 g/mol. The van der Waals surface area contributed by atoms with Gasteiger partial charge in [0.2, 0.25) is 0 Å². The fraction of sp³-hybridized carbons (Fsp3) is 0.818. The number of hydrogen-bond donors (Lipinski definition) is 2. The van der Waals surface area contributed by atoms with Gasteiger partial charge in [-0.1, -0.05) is 6.92 Å². The molecule has 16 heavy (non-hydrogen) atoms. The third kappa shape index (κ3) is 5.11. The number of hydrogen-bond acceptors (Lipinski definition) is 4. The molecule has 3 N–H and O–H groups in total. The molecule has 0 heterocycles. The van der Waals surface area contributed by atoms with Crippen LogP contribution in [0.15, 0.2) is 0 Å². The lowest BCUT2D eigenvalue weighted by Gasteiger charge is -2.26. The molecule has 0 bridgehead atoms. The van der Waals surface area contributed by atoms with E-state index in [4.69, 9.17) is 15.6 Å². The average Bonchev–Trinajstić information content (AvgIpc) is 1.99. The van der Waals surface area contributed by atoms with Crippen LogP contribution >= 0.6 is 0 Å². The minimum absolute atomic E-state index is 0.0528. The smallest absolute Gasteiger partial charge is 0.323 e. The van der Waals surface area contributed by atoms with Crippen LogP contribution in [0.2, 0.25) is 0 Å². The van der Waals surface area contributed by atoms with Gasteiger partial charge in [-0.25, -0.2) is 0 Å². The highest BCUT2D eigenvalue weighted by atomic mass is 16.6. The van der Waals surface area contributed by atoms with Gasteiger partial charge in [-0.15, -0.1) is 0 Å². The van der Waals surface area contributed by atoms with E-state index in [2.05, 4.69) is 0 Å². The SMILES string of the molecule is CC(CC(C)(N)C(=O)O)C(=O)OC(C)(C)C. The summed E-state index contributed by atoms with van der Waals surface area (Å²) >= 11 is 0. The molecule has 0 fully saturated rings. The summed E-state index contributed by atoms with van der Waals surface area (Å²) < 4.78 is 5.14. The van der Waals surface area contributed by atoms with Crippen molar-refractivity contribution in [2.24, 2.45) is 11.7 Å². The number of nitrogens with two attached hydrogens (primary N) is 1. The molecule has 0 aromatic heterocycles. The zero-order valence-corrected chi connectivity index (χ0v) is 10.5. The molecule has 0 aliphatic heterocycles. The molecule has 5 heteroatoms. The van der Waals surface area contributed by atoms with E-state index < -0.39 is 29.0 Å². The first-order valence-electron chi connectivity index (χ1n) is 5.21. The quantitative estimate of drug-likeness (QED) is 0.708. The number of esters is 1. The highest BCUT2D eigenvalue weighted by Gasteiger charge is 2.33. The second-order valence-electron chi connectivity index (χ2n) is 5.36. The van der Waals surface area contributed by atoms with Gasteiger partial charge in [0.15, 0.2) is 0 Å². The van der Waals surface area contributed by atoms with Crippen LogP contribution in [0.25, 0.3) is 0 Å². The summed E-state index contributed by atoms with van der Waals surface area (Å²) in [6, 6.07) is 0. The zero-order chi connectivity index (χ0) is 13.1. The zero-order valence-electron chi connectivity index (χ0n) is 10.5. The highest BCUT2D eigenvalue weighted by molar-refractivity contribution is 5.80. The summed E-state index contributed by atoms with van der Waals surface area (Å²) in [4.78, 5) is 22.4. The number of carbonyl (C=O) groups is 2. The molecule has 0 aromatic rings.